The molecule has 0 spiro atoms. The number of hydrogen-bond donors (Lipinski definition) is 2. The minimum Gasteiger partial charge on any atom is -0.340 e. The summed E-state index contributed by atoms with van der Waals surface area (Å²) in [5, 5.41) is 3.18. The molecule has 3 N–H and O–H groups in total. The number of amides is 2. The Morgan fingerprint density at radius 3 is 2.67 bits per heavy atom. The van der Waals surface area contributed by atoms with Crippen molar-refractivity contribution in [2.24, 2.45) is 11.7 Å². The van der Waals surface area contributed by atoms with Crippen molar-refractivity contribution in [3.8, 4) is 0 Å². The van der Waals surface area contributed by atoms with Gasteiger partial charge < -0.3 is 16.0 Å². The quantitative estimate of drug-likeness (QED) is 0.824. The molecular formula is C16H22Cl3N3O2. The van der Waals surface area contributed by atoms with Gasteiger partial charge in [-0.2, -0.15) is 0 Å². The molecule has 5 nitrogen and oxygen atoms in total. The van der Waals surface area contributed by atoms with Gasteiger partial charge in [0.25, 0.3) is 5.91 Å². The highest BCUT2D eigenvalue weighted by Crippen LogP contribution is 2.26. The zero-order valence-electron chi connectivity index (χ0n) is 13.6. The fourth-order valence-electron chi connectivity index (χ4n) is 2.88. The lowest BCUT2D eigenvalue weighted by molar-refractivity contribution is -0.133. The number of benzene rings is 1. The van der Waals surface area contributed by atoms with E-state index < -0.39 is 11.9 Å². The summed E-state index contributed by atoms with van der Waals surface area (Å²) in [5.41, 5.74) is 5.94. The van der Waals surface area contributed by atoms with Crippen LogP contribution in [0, 0.1) is 5.92 Å². The van der Waals surface area contributed by atoms with Crippen molar-refractivity contribution in [1.29, 1.82) is 0 Å². The summed E-state index contributed by atoms with van der Waals surface area (Å²) in [7, 11) is 0. The van der Waals surface area contributed by atoms with E-state index in [0.29, 0.717) is 24.0 Å². The smallest absolute Gasteiger partial charge is 0.253 e. The van der Waals surface area contributed by atoms with Crippen molar-refractivity contribution in [3.05, 3.63) is 33.8 Å². The average Bonchev–Trinajstić information content (AvgIpc) is 2.90. The van der Waals surface area contributed by atoms with Gasteiger partial charge in [0.05, 0.1) is 15.6 Å². The molecule has 0 saturated carbocycles. The maximum Gasteiger partial charge on any atom is 0.253 e. The summed E-state index contributed by atoms with van der Waals surface area (Å²) in [6.45, 7) is 4.86. The molecule has 1 saturated heterocycles. The van der Waals surface area contributed by atoms with Gasteiger partial charge >= 0.3 is 0 Å². The summed E-state index contributed by atoms with van der Waals surface area (Å²) in [4.78, 5) is 26.6. The lowest BCUT2D eigenvalue weighted by atomic mass is 10.1. The van der Waals surface area contributed by atoms with Crippen molar-refractivity contribution in [2.75, 3.05) is 13.1 Å². The van der Waals surface area contributed by atoms with Crippen LogP contribution in [0.25, 0.3) is 0 Å². The van der Waals surface area contributed by atoms with Crippen molar-refractivity contribution in [2.45, 2.75) is 32.4 Å². The van der Waals surface area contributed by atoms with Gasteiger partial charge in [0.1, 0.15) is 6.04 Å². The SMILES string of the molecule is CC(NC(=O)c1cccc(Cl)c1Cl)C(=O)N1CC(CN)CC1C.Cl. The number of nitrogens with two attached hydrogens (primary N) is 1. The monoisotopic (exact) mass is 393 g/mol. The van der Waals surface area contributed by atoms with Crippen LogP contribution in [0.15, 0.2) is 18.2 Å². The Morgan fingerprint density at radius 2 is 2.08 bits per heavy atom. The molecule has 1 aromatic rings. The van der Waals surface area contributed by atoms with Gasteiger partial charge in [0, 0.05) is 12.6 Å². The number of likely N-dealkylation sites (tertiary alicyclic amines) is 1. The van der Waals surface area contributed by atoms with Crippen LogP contribution in [0.5, 0.6) is 0 Å². The van der Waals surface area contributed by atoms with Crippen LogP contribution in [0.3, 0.4) is 0 Å². The summed E-state index contributed by atoms with van der Waals surface area (Å²) in [6, 6.07) is 4.31. The van der Waals surface area contributed by atoms with Crippen LogP contribution >= 0.6 is 35.6 Å². The van der Waals surface area contributed by atoms with E-state index in [1.54, 1.807) is 30.0 Å². The second-order valence-electron chi connectivity index (χ2n) is 5.97. The van der Waals surface area contributed by atoms with E-state index in [1.807, 2.05) is 6.92 Å². The van der Waals surface area contributed by atoms with Crippen molar-refractivity contribution >= 4 is 47.4 Å². The first-order chi connectivity index (χ1) is 10.8. The third kappa shape index (κ3) is 4.54. The topological polar surface area (TPSA) is 75.4 Å². The molecule has 2 amide bonds. The van der Waals surface area contributed by atoms with Crippen molar-refractivity contribution in [1.82, 2.24) is 10.2 Å². The summed E-state index contributed by atoms with van der Waals surface area (Å²) >= 11 is 12.0. The molecule has 24 heavy (non-hydrogen) atoms. The predicted molar refractivity (Wildman–Crippen MR) is 99.0 cm³/mol. The number of rotatable bonds is 4. The summed E-state index contributed by atoms with van der Waals surface area (Å²) in [6.07, 6.45) is 0.892. The molecule has 1 aliphatic rings. The highest BCUT2D eigenvalue weighted by molar-refractivity contribution is 6.43. The van der Waals surface area contributed by atoms with E-state index >= 15 is 0 Å². The second kappa shape index (κ2) is 8.90. The van der Waals surface area contributed by atoms with Crippen LogP contribution in [0.4, 0.5) is 0 Å². The van der Waals surface area contributed by atoms with Gasteiger partial charge in [0.15, 0.2) is 0 Å². The first kappa shape index (κ1) is 21.0. The van der Waals surface area contributed by atoms with Gasteiger partial charge in [-0.25, -0.2) is 0 Å². The van der Waals surface area contributed by atoms with E-state index in [4.69, 9.17) is 28.9 Å². The molecule has 8 heteroatoms. The Balaban J connectivity index is 0.00000288. The fourth-order valence-corrected chi connectivity index (χ4v) is 3.27. The minimum atomic E-state index is -0.642. The number of hydrogen-bond acceptors (Lipinski definition) is 3. The molecule has 3 atom stereocenters. The molecule has 0 aromatic heterocycles. The third-order valence-electron chi connectivity index (χ3n) is 4.19. The minimum absolute atomic E-state index is 0. The van der Waals surface area contributed by atoms with Gasteiger partial charge in [-0.15, -0.1) is 12.4 Å². The first-order valence-electron chi connectivity index (χ1n) is 7.60. The Bertz CT molecular complexity index is 612. The summed E-state index contributed by atoms with van der Waals surface area (Å²) in [5.74, 6) is -0.209. The number of nitrogens with zero attached hydrogens (tertiary/aromatic N) is 1. The normalized spacial score (nSPS) is 21.1. The molecule has 0 radical (unpaired) electrons. The van der Waals surface area contributed by atoms with Crippen molar-refractivity contribution in [3.63, 3.8) is 0 Å². The average molecular weight is 395 g/mol. The molecule has 1 aliphatic heterocycles. The van der Waals surface area contributed by atoms with Crippen LogP contribution in [-0.2, 0) is 4.79 Å². The zero-order chi connectivity index (χ0) is 17.1. The van der Waals surface area contributed by atoms with Gasteiger partial charge in [-0.1, -0.05) is 29.3 Å². The molecule has 2 rings (SSSR count). The van der Waals surface area contributed by atoms with E-state index in [0.717, 1.165) is 6.42 Å². The largest absolute Gasteiger partial charge is 0.340 e. The van der Waals surface area contributed by atoms with Crippen LogP contribution in [0.2, 0.25) is 10.0 Å². The fraction of sp³-hybridized carbons (Fsp3) is 0.500. The molecule has 0 bridgehead atoms. The molecule has 0 aliphatic carbocycles. The van der Waals surface area contributed by atoms with Gasteiger partial charge in [-0.05, 0) is 44.9 Å². The Hall–Kier alpha value is -1.01. The lowest BCUT2D eigenvalue weighted by Gasteiger charge is -2.25. The second-order valence-corrected chi connectivity index (χ2v) is 6.76. The number of carbonyl (C=O) groups excluding carboxylic acids is 2. The Labute approximate surface area is 158 Å². The van der Waals surface area contributed by atoms with Gasteiger partial charge in [-0.3, -0.25) is 9.59 Å². The van der Waals surface area contributed by atoms with E-state index in [-0.39, 0.29) is 34.9 Å². The number of carbonyl (C=O) groups is 2. The molecular weight excluding hydrogens is 373 g/mol. The maximum absolute atomic E-state index is 12.5. The third-order valence-corrected chi connectivity index (χ3v) is 5.01. The molecule has 1 fully saturated rings. The van der Waals surface area contributed by atoms with Crippen molar-refractivity contribution < 1.29 is 9.59 Å². The predicted octanol–water partition coefficient (Wildman–Crippen LogP) is 2.73. The highest BCUT2D eigenvalue weighted by Gasteiger charge is 2.34. The van der Waals surface area contributed by atoms with Crippen LogP contribution < -0.4 is 11.1 Å². The van der Waals surface area contributed by atoms with Crippen LogP contribution in [-0.4, -0.2) is 41.9 Å². The molecule has 1 heterocycles. The Morgan fingerprint density at radius 1 is 1.42 bits per heavy atom. The highest BCUT2D eigenvalue weighted by atomic mass is 35.5. The van der Waals surface area contributed by atoms with E-state index in [9.17, 15) is 9.59 Å². The molecule has 134 valence electrons. The molecule has 1 aromatic carbocycles. The van der Waals surface area contributed by atoms with E-state index in [1.165, 1.54) is 0 Å². The number of nitrogens with one attached hydrogen (secondary N) is 1. The lowest BCUT2D eigenvalue weighted by Crippen LogP contribution is -2.48. The van der Waals surface area contributed by atoms with Crippen LogP contribution in [0.1, 0.15) is 30.6 Å². The number of halogens is 3. The standard InChI is InChI=1S/C16H21Cl2N3O2.ClH/c1-9-6-11(7-19)8-21(9)16(23)10(2)20-15(22)12-4-3-5-13(17)14(12)18;/h3-5,9-11H,6-8,19H2,1-2H3,(H,20,22);1H. The van der Waals surface area contributed by atoms with E-state index in [2.05, 4.69) is 5.32 Å². The van der Waals surface area contributed by atoms with Gasteiger partial charge in [0.2, 0.25) is 5.91 Å². The molecule has 3 unspecified atom stereocenters. The zero-order valence-corrected chi connectivity index (χ0v) is 15.9. The maximum atomic E-state index is 12.5. The first-order valence-corrected chi connectivity index (χ1v) is 8.36. The summed E-state index contributed by atoms with van der Waals surface area (Å²) < 4.78 is 0. The Kier molecular flexibility index (Phi) is 7.80.